The summed E-state index contributed by atoms with van der Waals surface area (Å²) in [4.78, 5) is 38.2. The van der Waals surface area contributed by atoms with Gasteiger partial charge in [-0.05, 0) is 93.2 Å². The maximum absolute atomic E-state index is 14.2. The van der Waals surface area contributed by atoms with Gasteiger partial charge in [0.05, 0.1) is 33.5 Å². The number of carbonyl (C=O) groups excluding carboxylic acids is 2. The Hall–Kier alpha value is -5.36. The van der Waals surface area contributed by atoms with Crippen molar-refractivity contribution in [2.75, 3.05) is 6.54 Å². The van der Waals surface area contributed by atoms with Crippen molar-refractivity contribution in [1.82, 2.24) is 20.6 Å². The number of benzene rings is 4. The van der Waals surface area contributed by atoms with Gasteiger partial charge in [-0.15, -0.1) is 0 Å². The highest BCUT2D eigenvalue weighted by Gasteiger charge is 2.42. The minimum atomic E-state index is -0.237. The molecule has 2 heterocycles. The summed E-state index contributed by atoms with van der Waals surface area (Å²) >= 11 is 0. The molecule has 0 radical (unpaired) electrons. The fourth-order valence-electron chi connectivity index (χ4n) is 8.73. The molecule has 1 fully saturated rings. The topological polar surface area (TPSA) is 84.0 Å². The lowest BCUT2D eigenvalue weighted by Gasteiger charge is -2.47. The zero-order valence-electron chi connectivity index (χ0n) is 31.4. The third kappa shape index (κ3) is 7.20. The molecule has 1 saturated carbocycles. The number of amides is 2. The molecule has 2 unspecified atom stereocenters. The molecule has 6 nitrogen and oxygen atoms in total. The average molecular weight is 689 g/mol. The van der Waals surface area contributed by atoms with Crippen LogP contribution in [-0.4, -0.2) is 34.4 Å². The molecule has 6 heteroatoms. The van der Waals surface area contributed by atoms with Gasteiger partial charge in [0.25, 0.3) is 11.8 Å². The van der Waals surface area contributed by atoms with Crippen LogP contribution in [0.1, 0.15) is 83.0 Å². The monoisotopic (exact) mass is 688 g/mol. The molecule has 1 aliphatic carbocycles. The lowest BCUT2D eigenvalue weighted by molar-refractivity contribution is 0.0593. The molecular weight excluding hydrogens is 641 g/mol. The third-order valence-corrected chi connectivity index (χ3v) is 10.7. The summed E-state index contributed by atoms with van der Waals surface area (Å²) in [6, 6.07) is 32.2. The second kappa shape index (κ2) is 13.6. The van der Waals surface area contributed by atoms with Crippen molar-refractivity contribution in [1.29, 1.82) is 0 Å². The molecule has 52 heavy (non-hydrogen) atoms. The molecule has 6 aromatic rings. The normalized spacial score (nSPS) is 18.3. The van der Waals surface area contributed by atoms with Gasteiger partial charge in [-0.3, -0.25) is 9.59 Å². The fraction of sp³-hybridized carbons (Fsp3) is 0.304. The van der Waals surface area contributed by atoms with Crippen molar-refractivity contribution in [3.8, 4) is 22.5 Å². The van der Waals surface area contributed by atoms with Crippen molar-refractivity contribution in [3.05, 3.63) is 130 Å². The second-order valence-corrected chi connectivity index (χ2v) is 16.2. The third-order valence-electron chi connectivity index (χ3n) is 10.7. The van der Waals surface area contributed by atoms with E-state index >= 15 is 0 Å². The van der Waals surface area contributed by atoms with Crippen LogP contribution in [0.2, 0.25) is 0 Å². The SMILES string of the molecule is Cc1ccc(-c2cc(C(=O)NCC3(C)CC(NC(=O)c4cc(-c5ccc(C)cc5C)nc5ccccc45)CC(C)(C)C3)c3ccccc3n2)c(C)c1. The van der Waals surface area contributed by atoms with E-state index in [1.54, 1.807) is 0 Å². The minimum absolute atomic E-state index is 0.0420. The summed E-state index contributed by atoms with van der Waals surface area (Å²) in [7, 11) is 0. The van der Waals surface area contributed by atoms with E-state index in [4.69, 9.17) is 9.97 Å². The number of aromatic nitrogens is 2. The zero-order valence-corrected chi connectivity index (χ0v) is 31.4. The van der Waals surface area contributed by atoms with Crippen molar-refractivity contribution < 1.29 is 9.59 Å². The van der Waals surface area contributed by atoms with Crippen LogP contribution in [0.4, 0.5) is 0 Å². The van der Waals surface area contributed by atoms with Crippen LogP contribution in [0.25, 0.3) is 44.3 Å². The summed E-state index contributed by atoms with van der Waals surface area (Å²) in [5, 5.41) is 8.42. The van der Waals surface area contributed by atoms with Gasteiger partial charge in [-0.1, -0.05) is 105 Å². The molecule has 0 bridgehead atoms. The number of hydrogen-bond donors (Lipinski definition) is 2. The second-order valence-electron chi connectivity index (χ2n) is 16.2. The van der Waals surface area contributed by atoms with E-state index in [0.29, 0.717) is 17.7 Å². The number of nitrogens with one attached hydrogen (secondary N) is 2. The van der Waals surface area contributed by atoms with E-state index in [1.165, 1.54) is 11.1 Å². The van der Waals surface area contributed by atoms with Crippen LogP contribution < -0.4 is 10.6 Å². The van der Waals surface area contributed by atoms with Crippen LogP contribution in [0.15, 0.2) is 97.1 Å². The average Bonchev–Trinajstić information content (AvgIpc) is 3.09. The minimum Gasteiger partial charge on any atom is -0.351 e. The van der Waals surface area contributed by atoms with Crippen LogP contribution in [0.5, 0.6) is 0 Å². The van der Waals surface area contributed by atoms with Gasteiger partial charge in [0.2, 0.25) is 0 Å². The standard InChI is InChI=1S/C46H48N4O2/c1-28-16-18-33(30(3)20-28)41-22-37(35-12-8-10-14-39(35)49-41)43(51)47-27-46(7)25-32(24-45(5,6)26-46)48-44(52)38-23-42(34-19-17-29(2)21-31(34)4)50-40-15-11-9-13-36(38)40/h8-23,32H,24-27H2,1-7H3,(H,47,51)(H,48,52). The largest absolute Gasteiger partial charge is 0.351 e. The molecular formula is C46H48N4O2. The Balaban J connectivity index is 1.13. The first-order valence-corrected chi connectivity index (χ1v) is 18.3. The molecule has 1 aliphatic rings. The smallest absolute Gasteiger partial charge is 0.252 e. The molecule has 2 aromatic heterocycles. The summed E-state index contributed by atoms with van der Waals surface area (Å²) in [5.41, 5.74) is 10.8. The van der Waals surface area contributed by atoms with E-state index in [1.807, 2.05) is 60.7 Å². The molecule has 2 amide bonds. The first-order chi connectivity index (χ1) is 24.8. The summed E-state index contributed by atoms with van der Waals surface area (Å²) in [6.45, 7) is 15.6. The van der Waals surface area contributed by atoms with Gasteiger partial charge in [-0.2, -0.15) is 0 Å². The van der Waals surface area contributed by atoms with Crippen molar-refractivity contribution in [2.45, 2.75) is 73.8 Å². The predicted molar refractivity (Wildman–Crippen MR) is 213 cm³/mol. The number of para-hydroxylation sites is 2. The van der Waals surface area contributed by atoms with E-state index in [2.05, 4.69) is 95.5 Å². The maximum atomic E-state index is 14.2. The summed E-state index contributed by atoms with van der Waals surface area (Å²) in [5.74, 6) is -0.210. The van der Waals surface area contributed by atoms with E-state index < -0.39 is 0 Å². The van der Waals surface area contributed by atoms with Gasteiger partial charge in [-0.25, -0.2) is 9.97 Å². The number of hydrogen-bond acceptors (Lipinski definition) is 4. The highest BCUT2D eigenvalue weighted by atomic mass is 16.2. The van der Waals surface area contributed by atoms with Gasteiger partial charge >= 0.3 is 0 Å². The molecule has 264 valence electrons. The van der Waals surface area contributed by atoms with Gasteiger partial charge in [0.1, 0.15) is 0 Å². The number of aryl methyl sites for hydroxylation is 4. The highest BCUT2D eigenvalue weighted by molar-refractivity contribution is 6.08. The lowest BCUT2D eigenvalue weighted by Crippen LogP contribution is -2.50. The molecule has 2 atom stereocenters. The molecule has 0 spiro atoms. The summed E-state index contributed by atoms with van der Waals surface area (Å²) in [6.07, 6.45) is 2.52. The van der Waals surface area contributed by atoms with Crippen molar-refractivity contribution >= 4 is 33.6 Å². The Morgan fingerprint density at radius 1 is 0.654 bits per heavy atom. The first kappa shape index (κ1) is 35.1. The Morgan fingerprint density at radius 3 is 1.67 bits per heavy atom. The Labute approximate surface area is 307 Å². The molecule has 0 saturated heterocycles. The molecule has 2 N–H and O–H groups in total. The van der Waals surface area contributed by atoms with E-state index in [9.17, 15) is 9.59 Å². The van der Waals surface area contributed by atoms with Crippen LogP contribution in [0.3, 0.4) is 0 Å². The van der Waals surface area contributed by atoms with Crippen molar-refractivity contribution in [2.24, 2.45) is 10.8 Å². The number of pyridine rings is 2. The number of carbonyl (C=O) groups is 2. The predicted octanol–water partition coefficient (Wildman–Crippen LogP) is 10.1. The molecule has 4 aromatic carbocycles. The van der Waals surface area contributed by atoms with Crippen LogP contribution in [-0.2, 0) is 0 Å². The first-order valence-electron chi connectivity index (χ1n) is 18.3. The fourth-order valence-corrected chi connectivity index (χ4v) is 8.73. The van der Waals surface area contributed by atoms with Gasteiger partial charge in [0.15, 0.2) is 0 Å². The quantitative estimate of drug-likeness (QED) is 0.175. The Kier molecular flexibility index (Phi) is 9.20. The van der Waals surface area contributed by atoms with Gasteiger partial charge in [0, 0.05) is 34.5 Å². The van der Waals surface area contributed by atoms with Crippen LogP contribution >= 0.6 is 0 Å². The van der Waals surface area contributed by atoms with E-state index in [0.717, 1.165) is 74.7 Å². The van der Waals surface area contributed by atoms with E-state index in [-0.39, 0.29) is 28.7 Å². The Bertz CT molecular complexity index is 2360. The zero-order chi connectivity index (χ0) is 36.8. The lowest BCUT2D eigenvalue weighted by atomic mass is 9.62. The molecule has 7 rings (SSSR count). The number of fused-ring (bicyclic) bond motifs is 2. The van der Waals surface area contributed by atoms with Crippen molar-refractivity contribution in [3.63, 3.8) is 0 Å². The molecule has 0 aliphatic heterocycles. The van der Waals surface area contributed by atoms with Crippen LogP contribution in [0, 0.1) is 38.5 Å². The summed E-state index contributed by atoms with van der Waals surface area (Å²) < 4.78 is 0. The highest BCUT2D eigenvalue weighted by Crippen LogP contribution is 2.46. The number of rotatable bonds is 7. The Morgan fingerprint density at radius 2 is 1.15 bits per heavy atom. The van der Waals surface area contributed by atoms with Gasteiger partial charge < -0.3 is 10.6 Å². The number of nitrogens with zero attached hydrogens (tertiary/aromatic N) is 2. The maximum Gasteiger partial charge on any atom is 0.252 e.